The van der Waals surface area contributed by atoms with Gasteiger partial charge in [0.05, 0.1) is 16.4 Å². The first kappa shape index (κ1) is 17.9. The molecule has 0 atom stereocenters. The predicted molar refractivity (Wildman–Crippen MR) is 102 cm³/mol. The fraction of sp³-hybridized carbons (Fsp3) is 0.526. The quantitative estimate of drug-likeness (QED) is 0.620. The maximum Gasteiger partial charge on any atom is 0.108 e. The number of rotatable bonds is 8. The van der Waals surface area contributed by atoms with Crippen LogP contribution in [0.5, 0.6) is 0 Å². The standard InChI is InChI=1S/C19H27N5S/c1-5-19-20-12-18(23(19)3)10-9-17-11-15(22-24(17)4)7-6-8-16-13-25-14(2)21-16/h11-13H,5-10H2,1-4H3. The Bertz CT molecular complexity index is 827. The molecule has 3 aromatic heterocycles. The molecule has 0 spiro atoms. The van der Waals surface area contributed by atoms with Gasteiger partial charge in [-0.25, -0.2) is 9.97 Å². The molecule has 0 aromatic carbocycles. The van der Waals surface area contributed by atoms with Crippen LogP contribution in [0.15, 0.2) is 17.6 Å². The molecule has 25 heavy (non-hydrogen) atoms. The molecule has 0 bridgehead atoms. The molecular formula is C19H27N5S. The Hall–Kier alpha value is -1.95. The molecule has 0 aliphatic rings. The molecule has 0 aliphatic heterocycles. The van der Waals surface area contributed by atoms with Crippen molar-refractivity contribution in [3.05, 3.63) is 51.3 Å². The fourth-order valence-corrected chi connectivity index (χ4v) is 3.85. The van der Waals surface area contributed by atoms with Crippen LogP contribution in [0.2, 0.25) is 0 Å². The van der Waals surface area contributed by atoms with Crippen molar-refractivity contribution in [1.29, 1.82) is 0 Å². The third kappa shape index (κ3) is 4.37. The van der Waals surface area contributed by atoms with Crippen LogP contribution in [0, 0.1) is 6.92 Å². The van der Waals surface area contributed by atoms with E-state index in [4.69, 9.17) is 0 Å². The highest BCUT2D eigenvalue weighted by Gasteiger charge is 2.09. The Morgan fingerprint density at radius 1 is 1.04 bits per heavy atom. The summed E-state index contributed by atoms with van der Waals surface area (Å²) >= 11 is 1.73. The van der Waals surface area contributed by atoms with E-state index < -0.39 is 0 Å². The fourth-order valence-electron chi connectivity index (χ4n) is 3.21. The lowest BCUT2D eigenvalue weighted by Crippen LogP contribution is -2.05. The summed E-state index contributed by atoms with van der Waals surface area (Å²) in [6, 6.07) is 2.25. The molecule has 134 valence electrons. The lowest BCUT2D eigenvalue weighted by atomic mass is 10.1. The zero-order chi connectivity index (χ0) is 17.8. The summed E-state index contributed by atoms with van der Waals surface area (Å²) in [7, 11) is 4.15. The first-order chi connectivity index (χ1) is 12.1. The predicted octanol–water partition coefficient (Wildman–Crippen LogP) is 3.44. The number of nitrogens with zero attached hydrogens (tertiary/aromatic N) is 5. The van der Waals surface area contributed by atoms with Gasteiger partial charge in [0.25, 0.3) is 0 Å². The number of hydrogen-bond donors (Lipinski definition) is 0. The van der Waals surface area contributed by atoms with Gasteiger partial charge in [-0.3, -0.25) is 4.68 Å². The number of thiazole rings is 1. The zero-order valence-electron chi connectivity index (χ0n) is 15.6. The van der Waals surface area contributed by atoms with Crippen molar-refractivity contribution in [3.63, 3.8) is 0 Å². The largest absolute Gasteiger partial charge is 0.335 e. The van der Waals surface area contributed by atoms with E-state index in [1.807, 2.05) is 17.9 Å². The van der Waals surface area contributed by atoms with Crippen molar-refractivity contribution in [2.45, 2.75) is 52.4 Å². The number of aryl methyl sites for hydroxylation is 7. The Labute approximate surface area is 153 Å². The van der Waals surface area contributed by atoms with E-state index in [1.165, 1.54) is 22.8 Å². The molecule has 3 heterocycles. The first-order valence-electron chi connectivity index (χ1n) is 8.99. The van der Waals surface area contributed by atoms with Gasteiger partial charge >= 0.3 is 0 Å². The van der Waals surface area contributed by atoms with Gasteiger partial charge in [-0.1, -0.05) is 6.92 Å². The maximum absolute atomic E-state index is 4.68. The topological polar surface area (TPSA) is 48.5 Å². The van der Waals surface area contributed by atoms with Crippen molar-refractivity contribution in [2.75, 3.05) is 0 Å². The second-order valence-corrected chi connectivity index (χ2v) is 7.60. The number of aromatic nitrogens is 5. The molecule has 3 rings (SSSR count). The lowest BCUT2D eigenvalue weighted by molar-refractivity contribution is 0.670. The molecule has 0 N–H and O–H groups in total. The number of imidazole rings is 1. The summed E-state index contributed by atoms with van der Waals surface area (Å²) in [5.41, 5.74) is 4.97. The Morgan fingerprint density at radius 2 is 1.80 bits per heavy atom. The van der Waals surface area contributed by atoms with Gasteiger partial charge in [0, 0.05) is 43.5 Å². The highest BCUT2D eigenvalue weighted by Crippen LogP contribution is 2.14. The lowest BCUT2D eigenvalue weighted by Gasteiger charge is -2.05. The van der Waals surface area contributed by atoms with Gasteiger partial charge in [-0.05, 0) is 45.1 Å². The second kappa shape index (κ2) is 7.95. The summed E-state index contributed by atoms with van der Waals surface area (Å²) in [5, 5.41) is 7.99. The molecule has 0 unspecified atom stereocenters. The number of hydrogen-bond acceptors (Lipinski definition) is 4. The van der Waals surface area contributed by atoms with Crippen molar-refractivity contribution < 1.29 is 0 Å². The molecule has 0 saturated carbocycles. The summed E-state index contributed by atoms with van der Waals surface area (Å²) < 4.78 is 4.24. The van der Waals surface area contributed by atoms with Crippen LogP contribution in [0.3, 0.4) is 0 Å². The van der Waals surface area contributed by atoms with Gasteiger partial charge in [0.15, 0.2) is 0 Å². The summed E-state index contributed by atoms with van der Waals surface area (Å²) in [5.74, 6) is 1.15. The van der Waals surface area contributed by atoms with E-state index in [-0.39, 0.29) is 0 Å². The maximum atomic E-state index is 4.68. The molecule has 3 aromatic rings. The van der Waals surface area contributed by atoms with Crippen molar-refractivity contribution in [1.82, 2.24) is 24.3 Å². The van der Waals surface area contributed by atoms with Crippen LogP contribution in [0.4, 0.5) is 0 Å². The SMILES string of the molecule is CCc1ncc(CCc2cc(CCCc3csc(C)n3)nn2C)n1C. The molecule has 6 heteroatoms. The van der Waals surface area contributed by atoms with Gasteiger partial charge in [0.1, 0.15) is 5.82 Å². The van der Waals surface area contributed by atoms with E-state index in [9.17, 15) is 0 Å². The molecular weight excluding hydrogens is 330 g/mol. The first-order valence-corrected chi connectivity index (χ1v) is 9.87. The molecule has 0 saturated heterocycles. The van der Waals surface area contributed by atoms with E-state index >= 15 is 0 Å². The average molecular weight is 358 g/mol. The molecule has 5 nitrogen and oxygen atoms in total. The molecule has 0 aliphatic carbocycles. The van der Waals surface area contributed by atoms with Crippen LogP contribution in [0.25, 0.3) is 0 Å². The van der Waals surface area contributed by atoms with Crippen molar-refractivity contribution in [3.8, 4) is 0 Å². The normalized spacial score (nSPS) is 11.4. The monoisotopic (exact) mass is 357 g/mol. The van der Waals surface area contributed by atoms with E-state index in [0.29, 0.717) is 0 Å². The van der Waals surface area contributed by atoms with Gasteiger partial charge in [0.2, 0.25) is 0 Å². The Balaban J connectivity index is 1.53. The molecule has 0 radical (unpaired) electrons. The van der Waals surface area contributed by atoms with Gasteiger partial charge < -0.3 is 4.57 Å². The van der Waals surface area contributed by atoms with E-state index in [0.717, 1.165) is 49.4 Å². The summed E-state index contributed by atoms with van der Waals surface area (Å²) in [6.07, 6.45) is 8.12. The minimum atomic E-state index is 0.977. The van der Waals surface area contributed by atoms with Crippen molar-refractivity contribution in [2.24, 2.45) is 14.1 Å². The smallest absolute Gasteiger partial charge is 0.108 e. The highest BCUT2D eigenvalue weighted by atomic mass is 32.1. The minimum Gasteiger partial charge on any atom is -0.335 e. The highest BCUT2D eigenvalue weighted by molar-refractivity contribution is 7.09. The Kier molecular flexibility index (Phi) is 5.68. The van der Waals surface area contributed by atoms with Crippen molar-refractivity contribution >= 4 is 11.3 Å². The van der Waals surface area contributed by atoms with Crippen LogP contribution in [0.1, 0.15) is 47.0 Å². The van der Waals surface area contributed by atoms with Crippen LogP contribution in [-0.2, 0) is 46.2 Å². The molecule has 0 amide bonds. The third-order valence-corrected chi connectivity index (χ3v) is 5.52. The van der Waals surface area contributed by atoms with E-state index in [2.05, 4.69) is 52.0 Å². The minimum absolute atomic E-state index is 0.977. The van der Waals surface area contributed by atoms with Crippen LogP contribution in [-0.4, -0.2) is 24.3 Å². The second-order valence-electron chi connectivity index (χ2n) is 6.54. The van der Waals surface area contributed by atoms with E-state index in [1.54, 1.807) is 11.3 Å². The molecule has 0 fully saturated rings. The average Bonchev–Trinajstić information content (AvgIpc) is 3.26. The third-order valence-electron chi connectivity index (χ3n) is 4.69. The zero-order valence-corrected chi connectivity index (χ0v) is 16.4. The van der Waals surface area contributed by atoms with Gasteiger partial charge in [-0.2, -0.15) is 5.10 Å². The van der Waals surface area contributed by atoms with Crippen LogP contribution < -0.4 is 0 Å². The Morgan fingerprint density at radius 3 is 2.48 bits per heavy atom. The summed E-state index contributed by atoms with van der Waals surface area (Å²) in [6.45, 7) is 4.21. The van der Waals surface area contributed by atoms with Crippen LogP contribution >= 0.6 is 11.3 Å². The summed E-state index contributed by atoms with van der Waals surface area (Å²) in [4.78, 5) is 9.01. The van der Waals surface area contributed by atoms with Gasteiger partial charge in [-0.15, -0.1) is 11.3 Å².